The van der Waals surface area contributed by atoms with Gasteiger partial charge in [-0.05, 0) is 102 Å². The summed E-state index contributed by atoms with van der Waals surface area (Å²) in [6.07, 6.45) is 0. The van der Waals surface area contributed by atoms with Crippen molar-refractivity contribution in [2.24, 2.45) is 0 Å². The van der Waals surface area contributed by atoms with Gasteiger partial charge in [-0.2, -0.15) is 0 Å². The van der Waals surface area contributed by atoms with Crippen LogP contribution in [-0.2, 0) is 10.3 Å². The minimum atomic E-state index is -1.17. The number of carboxylic acids is 1. The Bertz CT molecular complexity index is 2500. The van der Waals surface area contributed by atoms with Crippen molar-refractivity contribution >= 4 is 29.1 Å². The zero-order valence-corrected chi connectivity index (χ0v) is 34.7. The van der Waals surface area contributed by atoms with Crippen molar-refractivity contribution in [3.8, 4) is 23.0 Å². The maximum Gasteiger partial charge on any atom is 0.340 e. The van der Waals surface area contributed by atoms with E-state index in [1.54, 1.807) is 30.3 Å². The number of aryl methyl sites for hydroxylation is 2. The molecule has 3 N–H and O–H groups in total. The van der Waals surface area contributed by atoms with Crippen LogP contribution in [0.5, 0.6) is 23.0 Å². The van der Waals surface area contributed by atoms with Crippen LogP contribution in [0.3, 0.4) is 0 Å². The third kappa shape index (κ3) is 8.40. The lowest BCUT2D eigenvalue weighted by Crippen LogP contribution is -2.33. The molecule has 308 valence electrons. The van der Waals surface area contributed by atoms with Crippen molar-refractivity contribution in [2.45, 2.75) is 47.1 Å². The summed E-state index contributed by atoms with van der Waals surface area (Å²) >= 11 is 0. The number of benzene rings is 6. The maximum absolute atomic E-state index is 12.8. The summed E-state index contributed by atoms with van der Waals surface area (Å²) < 4.78 is 12.5. The number of aromatic carboxylic acids is 1. The summed E-state index contributed by atoms with van der Waals surface area (Å²) in [4.78, 5) is 41.0. The van der Waals surface area contributed by atoms with Gasteiger partial charge < -0.3 is 34.6 Å². The Hall–Kier alpha value is -7.07. The first-order valence-electron chi connectivity index (χ1n) is 20.1. The number of aromatic hydroxyl groups is 2. The van der Waals surface area contributed by atoms with Crippen molar-refractivity contribution in [2.75, 3.05) is 36.0 Å². The number of hydrogen-bond donors (Lipinski definition) is 3. The summed E-state index contributed by atoms with van der Waals surface area (Å²) in [6, 6.07) is 37.8. The van der Waals surface area contributed by atoms with Gasteiger partial charge in [-0.3, -0.25) is 4.79 Å². The van der Waals surface area contributed by atoms with E-state index in [2.05, 4.69) is 36.9 Å². The standard InChI is InChI=1S/C25H23NO3.C18H19NO4.C7H8O/c1-4-26(5-2)17-11-12-20-23(15-17)28-22-13-10-16(3)14-21(22)25(20)19-9-7-6-8-18(19)24(27)29-25;1-3-19(4-2)12-9-10-15(16(20)11-12)17(21)13-7-5-6-8-14(13)18(22)23;1-6-2-4-7(8)5-3-6/h6-15H,4-5H2,1-3H3;5-11,20H,3-4H2,1-2H3,(H,22,23);2-5,8H,1H3. The van der Waals surface area contributed by atoms with Gasteiger partial charge in [0.1, 0.15) is 23.0 Å². The SMILES string of the molecule is CCN(CC)c1ccc(C(=O)c2ccccc2C(=O)O)c(O)c1.CCN(CC)c1ccc2c(c1)Oc1ccc(C)cc1C21OC(=O)c2ccccc21.Cc1ccc(O)cc1. The maximum atomic E-state index is 12.8. The molecule has 0 saturated carbocycles. The molecule has 0 saturated heterocycles. The van der Waals surface area contributed by atoms with Gasteiger partial charge in [-0.25, -0.2) is 9.59 Å². The molecule has 2 aliphatic rings. The Morgan fingerprint density at radius 2 is 1.17 bits per heavy atom. The van der Waals surface area contributed by atoms with Gasteiger partial charge >= 0.3 is 11.9 Å². The van der Waals surface area contributed by atoms with Gasteiger partial charge in [0.15, 0.2) is 11.4 Å². The molecular formula is C50H50N2O8. The molecule has 0 amide bonds. The van der Waals surface area contributed by atoms with Crippen molar-refractivity contribution in [3.63, 3.8) is 0 Å². The fourth-order valence-electron chi connectivity index (χ4n) is 7.62. The molecule has 2 heterocycles. The van der Waals surface area contributed by atoms with E-state index < -0.39 is 17.4 Å². The Balaban J connectivity index is 0.000000173. The normalized spacial score (nSPS) is 14.1. The first-order valence-corrected chi connectivity index (χ1v) is 20.1. The first kappa shape index (κ1) is 42.5. The van der Waals surface area contributed by atoms with Crippen LogP contribution in [-0.4, -0.2) is 59.2 Å². The Labute approximate surface area is 350 Å². The van der Waals surface area contributed by atoms with Gasteiger partial charge in [0.25, 0.3) is 0 Å². The molecule has 0 bridgehead atoms. The van der Waals surface area contributed by atoms with Crippen molar-refractivity contribution < 1.29 is 39.2 Å². The Morgan fingerprint density at radius 3 is 1.78 bits per heavy atom. The molecule has 0 radical (unpaired) electrons. The highest BCUT2D eigenvalue weighted by molar-refractivity contribution is 6.15. The van der Waals surface area contributed by atoms with E-state index in [0.717, 1.165) is 71.3 Å². The van der Waals surface area contributed by atoms with Gasteiger partial charge in [0.2, 0.25) is 0 Å². The number of ether oxygens (including phenoxy) is 2. The molecular weight excluding hydrogens is 757 g/mol. The minimum Gasteiger partial charge on any atom is -0.508 e. The van der Waals surface area contributed by atoms with Crippen LogP contribution >= 0.6 is 0 Å². The van der Waals surface area contributed by atoms with Gasteiger partial charge in [-0.1, -0.05) is 65.7 Å². The van der Waals surface area contributed by atoms with Crippen molar-refractivity contribution in [1.29, 1.82) is 0 Å². The molecule has 2 aliphatic heterocycles. The van der Waals surface area contributed by atoms with E-state index in [4.69, 9.17) is 14.6 Å². The molecule has 10 heteroatoms. The van der Waals surface area contributed by atoms with Crippen molar-refractivity contribution in [3.05, 3.63) is 177 Å². The van der Waals surface area contributed by atoms with E-state index in [1.807, 2.05) is 87.2 Å². The first-order chi connectivity index (χ1) is 28.9. The van der Waals surface area contributed by atoms with Crippen LogP contribution in [0.2, 0.25) is 0 Å². The number of carbonyl (C=O) groups is 3. The predicted octanol–water partition coefficient (Wildman–Crippen LogP) is 10.3. The fraction of sp³-hybridized carbons (Fsp3) is 0.220. The average molecular weight is 807 g/mol. The molecule has 60 heavy (non-hydrogen) atoms. The van der Waals surface area contributed by atoms with E-state index in [-0.39, 0.29) is 28.4 Å². The van der Waals surface area contributed by atoms with Crippen LogP contribution in [0.1, 0.15) is 92.1 Å². The largest absolute Gasteiger partial charge is 0.508 e. The zero-order valence-electron chi connectivity index (χ0n) is 34.7. The van der Waals surface area contributed by atoms with Gasteiger partial charge in [0.05, 0.1) is 16.7 Å². The van der Waals surface area contributed by atoms with Gasteiger partial charge in [0, 0.05) is 71.9 Å². The summed E-state index contributed by atoms with van der Waals surface area (Å²) in [5.74, 6) is -0.344. The number of rotatable bonds is 9. The molecule has 6 aromatic rings. The molecule has 6 aromatic carbocycles. The summed E-state index contributed by atoms with van der Waals surface area (Å²) in [5.41, 5.74) is 6.49. The van der Waals surface area contributed by atoms with E-state index in [9.17, 15) is 24.6 Å². The third-order valence-corrected chi connectivity index (χ3v) is 10.8. The van der Waals surface area contributed by atoms with Crippen molar-refractivity contribution in [1.82, 2.24) is 0 Å². The third-order valence-electron chi connectivity index (χ3n) is 10.8. The van der Waals surface area contributed by atoms with Gasteiger partial charge in [-0.15, -0.1) is 0 Å². The predicted molar refractivity (Wildman–Crippen MR) is 234 cm³/mol. The second-order valence-electron chi connectivity index (χ2n) is 14.5. The number of carboxylic acid groups (broad SMARTS) is 1. The average Bonchev–Trinajstić information content (AvgIpc) is 3.55. The number of anilines is 2. The lowest BCUT2D eigenvalue weighted by atomic mass is 9.77. The molecule has 1 unspecified atom stereocenters. The molecule has 0 fully saturated rings. The summed E-state index contributed by atoms with van der Waals surface area (Å²) in [5, 5.41) is 28.1. The monoisotopic (exact) mass is 806 g/mol. The number of ketones is 1. The topological polar surface area (TPSA) is 137 Å². The molecule has 1 spiro atoms. The Morgan fingerprint density at radius 1 is 0.583 bits per heavy atom. The number of nitrogens with zero attached hydrogens (tertiary/aromatic N) is 2. The lowest BCUT2D eigenvalue weighted by Gasteiger charge is -2.37. The van der Waals surface area contributed by atoms with Crippen LogP contribution in [0.25, 0.3) is 0 Å². The second kappa shape index (κ2) is 18.2. The highest BCUT2D eigenvalue weighted by Gasteiger charge is 2.53. The number of phenolic OH excluding ortho intramolecular Hbond substituents is 2. The number of phenols is 2. The quantitative estimate of drug-likeness (QED) is 0.0956. The summed E-state index contributed by atoms with van der Waals surface area (Å²) in [6.45, 7) is 15.7. The number of hydrogen-bond acceptors (Lipinski definition) is 9. The Kier molecular flexibility index (Phi) is 12.9. The minimum absolute atomic E-state index is 0.0610. The second-order valence-corrected chi connectivity index (χ2v) is 14.5. The molecule has 0 aliphatic carbocycles. The van der Waals surface area contributed by atoms with E-state index >= 15 is 0 Å². The van der Waals surface area contributed by atoms with E-state index in [0.29, 0.717) is 11.3 Å². The molecule has 10 nitrogen and oxygen atoms in total. The smallest absolute Gasteiger partial charge is 0.340 e. The highest BCUT2D eigenvalue weighted by Crippen LogP contribution is 2.56. The van der Waals surface area contributed by atoms with Crippen LogP contribution in [0.4, 0.5) is 11.4 Å². The zero-order chi connectivity index (χ0) is 43.1. The van der Waals surface area contributed by atoms with E-state index in [1.165, 1.54) is 29.8 Å². The number of carbonyl (C=O) groups excluding carboxylic acids is 2. The lowest BCUT2D eigenvalue weighted by molar-refractivity contribution is 0.0224. The number of fused-ring (bicyclic) bond motifs is 6. The molecule has 8 rings (SSSR count). The number of esters is 1. The molecule has 1 atom stereocenters. The van der Waals surface area contributed by atoms with Crippen LogP contribution in [0.15, 0.2) is 127 Å². The van der Waals surface area contributed by atoms with Crippen LogP contribution < -0.4 is 14.5 Å². The highest BCUT2D eigenvalue weighted by atomic mass is 16.6. The summed E-state index contributed by atoms with van der Waals surface area (Å²) in [7, 11) is 0. The van der Waals surface area contributed by atoms with Crippen LogP contribution in [0, 0.1) is 13.8 Å². The fourth-order valence-corrected chi connectivity index (χ4v) is 7.62. The molecule has 0 aromatic heterocycles.